The summed E-state index contributed by atoms with van der Waals surface area (Å²) >= 11 is 0. The van der Waals surface area contributed by atoms with Crippen LogP contribution in [0.15, 0.2) is 0 Å². The van der Waals surface area contributed by atoms with E-state index in [0.717, 1.165) is 0 Å². The predicted molar refractivity (Wildman–Crippen MR) is 54.3 cm³/mol. The molecule has 2 fully saturated rings. The van der Waals surface area contributed by atoms with Crippen LogP contribution in [0.3, 0.4) is 0 Å². The maximum absolute atomic E-state index is 11.7. The van der Waals surface area contributed by atoms with E-state index in [9.17, 15) is 9.59 Å². The molecule has 0 aromatic heterocycles. The molecule has 0 aromatic carbocycles. The number of piperidine rings is 1. The van der Waals surface area contributed by atoms with Crippen molar-refractivity contribution in [2.24, 2.45) is 5.41 Å². The summed E-state index contributed by atoms with van der Waals surface area (Å²) in [7, 11) is 0. The Hall–Kier alpha value is -0.900. The summed E-state index contributed by atoms with van der Waals surface area (Å²) in [6, 6.07) is 0.137. The zero-order chi connectivity index (χ0) is 11.1. The van der Waals surface area contributed by atoms with Gasteiger partial charge in [-0.15, -0.1) is 0 Å². The van der Waals surface area contributed by atoms with Gasteiger partial charge in [0.05, 0.1) is 25.7 Å². The maximum Gasteiger partial charge on any atom is 0.230 e. The van der Waals surface area contributed by atoms with Gasteiger partial charge < -0.3 is 9.64 Å². The summed E-state index contributed by atoms with van der Waals surface area (Å²) in [6.07, 6.45) is 0.574. The van der Waals surface area contributed by atoms with Gasteiger partial charge >= 0.3 is 0 Å². The summed E-state index contributed by atoms with van der Waals surface area (Å²) in [5.74, 6) is 0.0304. The molecule has 0 aliphatic carbocycles. The van der Waals surface area contributed by atoms with E-state index in [4.69, 9.17) is 4.74 Å². The number of Topliss-reactive ketones (excluding diaryl/α,β-unsaturated/α-hetero) is 1. The van der Waals surface area contributed by atoms with Crippen LogP contribution < -0.4 is 0 Å². The number of ketones is 1. The van der Waals surface area contributed by atoms with E-state index in [1.54, 1.807) is 0 Å². The Morgan fingerprint density at radius 1 is 1.40 bits per heavy atom. The lowest BCUT2D eigenvalue weighted by Crippen LogP contribution is -2.51. The van der Waals surface area contributed by atoms with Crippen molar-refractivity contribution in [1.82, 2.24) is 4.90 Å². The molecule has 1 atom stereocenters. The highest BCUT2D eigenvalue weighted by atomic mass is 16.5. The van der Waals surface area contributed by atoms with Crippen molar-refractivity contribution in [2.75, 3.05) is 19.8 Å². The van der Waals surface area contributed by atoms with E-state index in [-0.39, 0.29) is 29.6 Å². The Bertz CT molecular complexity index is 298. The van der Waals surface area contributed by atoms with E-state index >= 15 is 0 Å². The van der Waals surface area contributed by atoms with Gasteiger partial charge in [0, 0.05) is 18.4 Å². The smallest absolute Gasteiger partial charge is 0.230 e. The molecule has 15 heavy (non-hydrogen) atoms. The molecule has 0 spiro atoms. The number of nitrogens with zero attached hydrogens (tertiary/aromatic N) is 1. The van der Waals surface area contributed by atoms with Crippen LogP contribution in [0.25, 0.3) is 0 Å². The van der Waals surface area contributed by atoms with E-state index in [0.29, 0.717) is 26.2 Å². The van der Waals surface area contributed by atoms with Gasteiger partial charge in [-0.25, -0.2) is 0 Å². The fourth-order valence-corrected chi connectivity index (χ4v) is 2.33. The van der Waals surface area contributed by atoms with Crippen LogP contribution in [0.2, 0.25) is 0 Å². The van der Waals surface area contributed by atoms with Crippen molar-refractivity contribution in [2.45, 2.75) is 32.7 Å². The second-order valence-corrected chi connectivity index (χ2v) is 5.07. The molecular weight excluding hydrogens is 194 g/mol. The lowest BCUT2D eigenvalue weighted by atomic mass is 9.85. The van der Waals surface area contributed by atoms with Crippen molar-refractivity contribution in [3.63, 3.8) is 0 Å². The zero-order valence-electron chi connectivity index (χ0n) is 9.28. The highest BCUT2D eigenvalue weighted by Crippen LogP contribution is 2.32. The summed E-state index contributed by atoms with van der Waals surface area (Å²) < 4.78 is 5.42. The molecule has 1 amide bonds. The van der Waals surface area contributed by atoms with Gasteiger partial charge in [0.1, 0.15) is 5.78 Å². The Balaban J connectivity index is 2.10. The molecule has 0 radical (unpaired) electrons. The monoisotopic (exact) mass is 211 g/mol. The Morgan fingerprint density at radius 3 is 2.67 bits per heavy atom. The molecular formula is C11H17NO3. The predicted octanol–water partition coefficient (Wildman–Crippen LogP) is 0.603. The zero-order valence-corrected chi connectivity index (χ0v) is 9.28. The summed E-state index contributed by atoms with van der Waals surface area (Å²) in [5, 5.41) is 0. The van der Waals surface area contributed by atoms with Crippen molar-refractivity contribution in [1.29, 1.82) is 0 Å². The molecule has 0 aromatic rings. The lowest BCUT2D eigenvalue weighted by molar-refractivity contribution is -0.143. The Morgan fingerprint density at radius 2 is 2.13 bits per heavy atom. The van der Waals surface area contributed by atoms with E-state index in [1.165, 1.54) is 0 Å². The van der Waals surface area contributed by atoms with Crippen LogP contribution in [0.4, 0.5) is 0 Å². The molecule has 0 saturated carbocycles. The summed E-state index contributed by atoms with van der Waals surface area (Å²) in [6.45, 7) is 6.07. The number of ether oxygens (including phenoxy) is 1. The van der Waals surface area contributed by atoms with E-state index in [2.05, 4.69) is 13.8 Å². The molecule has 1 unspecified atom stereocenters. The third kappa shape index (κ3) is 1.91. The molecule has 4 nitrogen and oxygen atoms in total. The number of carbonyl (C=O) groups is 2. The number of hydrogen-bond acceptors (Lipinski definition) is 3. The van der Waals surface area contributed by atoms with Gasteiger partial charge in [0.25, 0.3) is 0 Å². The molecule has 0 N–H and O–H groups in total. The van der Waals surface area contributed by atoms with Gasteiger partial charge in [-0.05, 0) is 0 Å². The molecule has 4 heteroatoms. The fourth-order valence-electron chi connectivity index (χ4n) is 2.33. The number of rotatable bonds is 1. The quantitative estimate of drug-likeness (QED) is 0.597. The van der Waals surface area contributed by atoms with Crippen LogP contribution >= 0.6 is 0 Å². The SMILES string of the molecule is CC1(C)COCC1N1CCC(=O)CC1=O. The van der Waals surface area contributed by atoms with Crippen LogP contribution in [0, 0.1) is 5.41 Å². The Labute approximate surface area is 89.6 Å². The van der Waals surface area contributed by atoms with Gasteiger partial charge in [-0.2, -0.15) is 0 Å². The second-order valence-electron chi connectivity index (χ2n) is 5.07. The fraction of sp³-hybridized carbons (Fsp3) is 0.818. The summed E-state index contributed by atoms with van der Waals surface area (Å²) in [4.78, 5) is 24.7. The van der Waals surface area contributed by atoms with Crippen LogP contribution in [-0.4, -0.2) is 42.4 Å². The van der Waals surface area contributed by atoms with Gasteiger partial charge in [-0.1, -0.05) is 13.8 Å². The molecule has 2 aliphatic heterocycles. The topological polar surface area (TPSA) is 46.6 Å². The number of likely N-dealkylation sites (tertiary alicyclic amines) is 1. The van der Waals surface area contributed by atoms with Crippen LogP contribution in [0.1, 0.15) is 26.7 Å². The van der Waals surface area contributed by atoms with Crippen molar-refractivity contribution < 1.29 is 14.3 Å². The number of hydrogen-bond donors (Lipinski definition) is 0. The first-order chi connectivity index (χ1) is 7.00. The average molecular weight is 211 g/mol. The van der Waals surface area contributed by atoms with Gasteiger partial charge in [0.15, 0.2) is 0 Å². The molecule has 84 valence electrons. The molecule has 2 heterocycles. The second kappa shape index (κ2) is 3.59. The van der Waals surface area contributed by atoms with Gasteiger partial charge in [0.2, 0.25) is 5.91 Å². The number of amides is 1. The third-order valence-corrected chi connectivity index (χ3v) is 3.33. The minimum absolute atomic E-state index is 0.00997. The minimum atomic E-state index is -0.0326. The maximum atomic E-state index is 11.7. The first kappa shape index (κ1) is 10.6. The molecule has 2 rings (SSSR count). The van der Waals surface area contributed by atoms with Gasteiger partial charge in [-0.3, -0.25) is 9.59 Å². The standard InChI is InChI=1S/C11H17NO3/c1-11(2)7-15-6-9(11)12-4-3-8(13)5-10(12)14/h9H,3-7H2,1-2H3. The lowest BCUT2D eigenvalue weighted by Gasteiger charge is -2.37. The highest BCUT2D eigenvalue weighted by molar-refractivity contribution is 6.00. The Kier molecular flexibility index (Phi) is 2.54. The first-order valence-electron chi connectivity index (χ1n) is 5.39. The van der Waals surface area contributed by atoms with E-state index < -0.39 is 0 Å². The highest BCUT2D eigenvalue weighted by Gasteiger charge is 2.42. The molecule has 2 saturated heterocycles. The average Bonchev–Trinajstić information content (AvgIpc) is 2.46. The molecule has 0 bridgehead atoms. The largest absolute Gasteiger partial charge is 0.379 e. The number of carbonyl (C=O) groups excluding carboxylic acids is 2. The first-order valence-corrected chi connectivity index (χ1v) is 5.39. The van der Waals surface area contributed by atoms with Crippen molar-refractivity contribution in [3.8, 4) is 0 Å². The minimum Gasteiger partial charge on any atom is -0.379 e. The van der Waals surface area contributed by atoms with Crippen LogP contribution in [0.5, 0.6) is 0 Å². The van der Waals surface area contributed by atoms with Crippen LogP contribution in [-0.2, 0) is 14.3 Å². The summed E-state index contributed by atoms with van der Waals surface area (Å²) in [5.41, 5.74) is 0.00997. The van der Waals surface area contributed by atoms with Crippen molar-refractivity contribution >= 4 is 11.7 Å². The normalized spacial score (nSPS) is 31.1. The van der Waals surface area contributed by atoms with Crippen molar-refractivity contribution in [3.05, 3.63) is 0 Å². The third-order valence-electron chi connectivity index (χ3n) is 3.33. The molecule has 2 aliphatic rings. The van der Waals surface area contributed by atoms with E-state index in [1.807, 2.05) is 4.90 Å².